The predicted octanol–water partition coefficient (Wildman–Crippen LogP) is 1.83. The minimum atomic E-state index is -3.44. The van der Waals surface area contributed by atoms with Crippen LogP contribution in [0.3, 0.4) is 0 Å². The number of rotatable bonds is 10. The molecule has 9 heteroatoms. The van der Waals surface area contributed by atoms with Gasteiger partial charge in [0.15, 0.2) is 5.96 Å². The molecule has 0 saturated heterocycles. The lowest BCUT2D eigenvalue weighted by Gasteiger charge is -2.13. The zero-order valence-corrected chi connectivity index (χ0v) is 17.2. The molecular weight excluding hydrogens is 384 g/mol. The van der Waals surface area contributed by atoms with Crippen molar-refractivity contribution in [3.8, 4) is 5.75 Å². The number of nitrogens with zero attached hydrogens (tertiary/aromatic N) is 1. The molecule has 0 aliphatic heterocycles. The number of ether oxygens (including phenoxy) is 1. The lowest BCUT2D eigenvalue weighted by atomic mass is 10.1. The van der Waals surface area contributed by atoms with Gasteiger partial charge < -0.3 is 15.4 Å². The van der Waals surface area contributed by atoms with Gasteiger partial charge in [-0.25, -0.2) is 13.1 Å². The molecular formula is C18H26N4O3S2. The number of hydrogen-bond acceptors (Lipinski definition) is 5. The van der Waals surface area contributed by atoms with Crippen LogP contribution < -0.4 is 20.1 Å². The van der Waals surface area contributed by atoms with Crippen LogP contribution in [-0.2, 0) is 16.4 Å². The summed E-state index contributed by atoms with van der Waals surface area (Å²) >= 11 is 1.19. The Kier molecular flexibility index (Phi) is 8.56. The molecule has 148 valence electrons. The van der Waals surface area contributed by atoms with Crippen LogP contribution in [0.25, 0.3) is 0 Å². The van der Waals surface area contributed by atoms with Crippen molar-refractivity contribution in [2.75, 3.05) is 33.3 Å². The monoisotopic (exact) mass is 410 g/mol. The van der Waals surface area contributed by atoms with E-state index in [4.69, 9.17) is 4.74 Å². The van der Waals surface area contributed by atoms with Crippen molar-refractivity contribution in [1.82, 2.24) is 15.4 Å². The molecule has 2 rings (SSSR count). The van der Waals surface area contributed by atoms with E-state index in [-0.39, 0.29) is 6.54 Å². The van der Waals surface area contributed by atoms with Crippen molar-refractivity contribution in [3.63, 3.8) is 0 Å². The van der Waals surface area contributed by atoms with Gasteiger partial charge >= 0.3 is 0 Å². The second-order valence-electron chi connectivity index (χ2n) is 5.58. The Labute approximate surface area is 164 Å². The van der Waals surface area contributed by atoms with E-state index >= 15 is 0 Å². The Morgan fingerprint density at radius 3 is 2.67 bits per heavy atom. The zero-order valence-electron chi connectivity index (χ0n) is 15.6. The van der Waals surface area contributed by atoms with Gasteiger partial charge in [-0.1, -0.05) is 24.3 Å². The van der Waals surface area contributed by atoms with Crippen LogP contribution in [0.5, 0.6) is 5.75 Å². The summed E-state index contributed by atoms with van der Waals surface area (Å²) in [6.45, 7) is 3.98. The lowest BCUT2D eigenvalue weighted by molar-refractivity contribution is 0.409. The number of aliphatic imine (C=N–C) groups is 1. The van der Waals surface area contributed by atoms with Gasteiger partial charge in [0.2, 0.25) is 10.0 Å². The van der Waals surface area contributed by atoms with Gasteiger partial charge in [-0.05, 0) is 36.4 Å². The summed E-state index contributed by atoms with van der Waals surface area (Å²) in [6.07, 6.45) is 0.791. The van der Waals surface area contributed by atoms with E-state index in [1.807, 2.05) is 31.2 Å². The number of nitrogens with one attached hydrogen (secondary N) is 3. The number of sulfonamides is 1. The summed E-state index contributed by atoms with van der Waals surface area (Å²) in [6, 6.07) is 11.2. The van der Waals surface area contributed by atoms with Crippen LogP contribution in [0.4, 0.5) is 0 Å². The van der Waals surface area contributed by atoms with Crippen molar-refractivity contribution >= 4 is 27.3 Å². The molecule has 1 heterocycles. The Hall–Kier alpha value is -2.10. The molecule has 0 spiro atoms. The minimum Gasteiger partial charge on any atom is -0.496 e. The van der Waals surface area contributed by atoms with Crippen LogP contribution in [-0.4, -0.2) is 47.7 Å². The molecule has 0 amide bonds. The normalized spacial score (nSPS) is 12.0. The van der Waals surface area contributed by atoms with E-state index < -0.39 is 10.0 Å². The molecule has 0 fully saturated rings. The lowest BCUT2D eigenvalue weighted by Crippen LogP contribution is -2.39. The first kappa shape index (κ1) is 21.2. The minimum absolute atomic E-state index is 0.239. The largest absolute Gasteiger partial charge is 0.496 e. The molecule has 0 atom stereocenters. The summed E-state index contributed by atoms with van der Waals surface area (Å²) in [5.74, 6) is 1.52. The Morgan fingerprint density at radius 2 is 1.96 bits per heavy atom. The molecule has 0 aliphatic rings. The molecule has 7 nitrogen and oxygen atoms in total. The summed E-state index contributed by atoms with van der Waals surface area (Å²) in [7, 11) is -1.78. The van der Waals surface area contributed by atoms with Crippen molar-refractivity contribution in [2.24, 2.45) is 4.99 Å². The number of methoxy groups -OCH3 is 1. The highest BCUT2D eigenvalue weighted by atomic mass is 32.2. The molecule has 2 aromatic rings. The number of hydrogen-bond donors (Lipinski definition) is 3. The Balaban J connectivity index is 1.81. The highest BCUT2D eigenvalue weighted by Gasteiger charge is 2.13. The van der Waals surface area contributed by atoms with Crippen LogP contribution >= 0.6 is 11.3 Å². The molecule has 3 N–H and O–H groups in total. The number of guanidine groups is 1. The van der Waals surface area contributed by atoms with Crippen molar-refractivity contribution < 1.29 is 13.2 Å². The predicted molar refractivity (Wildman–Crippen MR) is 110 cm³/mol. The third-order valence-electron chi connectivity index (χ3n) is 3.66. The quantitative estimate of drug-likeness (QED) is 0.316. The second-order valence-corrected chi connectivity index (χ2v) is 8.52. The van der Waals surface area contributed by atoms with E-state index in [1.165, 1.54) is 11.3 Å². The SMILES string of the molecule is CCNC(=NCCNS(=O)(=O)c1cccs1)NCCc1ccccc1OC. The molecule has 1 aromatic carbocycles. The Bertz CT molecular complexity index is 821. The fourth-order valence-corrected chi connectivity index (χ4v) is 4.46. The summed E-state index contributed by atoms with van der Waals surface area (Å²) in [5, 5.41) is 8.15. The summed E-state index contributed by atoms with van der Waals surface area (Å²) in [5.41, 5.74) is 1.12. The van der Waals surface area contributed by atoms with Crippen LogP contribution in [0.2, 0.25) is 0 Å². The van der Waals surface area contributed by atoms with Crippen molar-refractivity contribution in [2.45, 2.75) is 17.6 Å². The fraction of sp³-hybridized carbons (Fsp3) is 0.389. The first-order valence-corrected chi connectivity index (χ1v) is 11.1. The third-order valence-corrected chi connectivity index (χ3v) is 6.52. The molecule has 0 saturated carbocycles. The van der Waals surface area contributed by atoms with Gasteiger partial charge in [-0.3, -0.25) is 4.99 Å². The highest BCUT2D eigenvalue weighted by Crippen LogP contribution is 2.17. The van der Waals surface area contributed by atoms with Gasteiger partial charge in [-0.15, -0.1) is 11.3 Å². The van der Waals surface area contributed by atoms with Crippen molar-refractivity contribution in [3.05, 3.63) is 47.3 Å². The average Bonchev–Trinajstić information content (AvgIpc) is 3.21. The van der Waals surface area contributed by atoms with E-state index in [1.54, 1.807) is 24.6 Å². The molecule has 27 heavy (non-hydrogen) atoms. The standard InChI is InChI=1S/C18H26N4O3S2/c1-3-19-18(20-11-10-15-7-4-5-8-16(15)25-2)21-12-13-22-27(23,24)17-9-6-14-26-17/h4-9,14,22H,3,10-13H2,1-2H3,(H2,19,20,21). The smallest absolute Gasteiger partial charge is 0.250 e. The first-order valence-electron chi connectivity index (χ1n) is 8.74. The maximum atomic E-state index is 12.1. The number of para-hydroxylation sites is 1. The maximum absolute atomic E-state index is 12.1. The summed E-state index contributed by atoms with van der Waals surface area (Å²) in [4.78, 5) is 4.41. The van der Waals surface area contributed by atoms with Gasteiger partial charge in [0.25, 0.3) is 0 Å². The van der Waals surface area contributed by atoms with Crippen LogP contribution in [0.1, 0.15) is 12.5 Å². The number of thiophene rings is 1. The first-order chi connectivity index (χ1) is 13.1. The average molecular weight is 411 g/mol. The van der Waals surface area contributed by atoms with Gasteiger partial charge in [0.05, 0.1) is 13.7 Å². The zero-order chi connectivity index (χ0) is 19.5. The molecule has 0 radical (unpaired) electrons. The molecule has 1 aromatic heterocycles. The third kappa shape index (κ3) is 6.85. The number of benzene rings is 1. The fourth-order valence-electron chi connectivity index (χ4n) is 2.40. The van der Waals surface area contributed by atoms with Gasteiger partial charge in [0, 0.05) is 19.6 Å². The van der Waals surface area contributed by atoms with Crippen LogP contribution in [0, 0.1) is 0 Å². The Morgan fingerprint density at radius 1 is 1.15 bits per heavy atom. The van der Waals surface area contributed by atoms with Crippen LogP contribution in [0.15, 0.2) is 51.0 Å². The van der Waals surface area contributed by atoms with E-state index in [0.717, 1.165) is 24.3 Å². The van der Waals surface area contributed by atoms with E-state index in [2.05, 4.69) is 20.3 Å². The van der Waals surface area contributed by atoms with E-state index in [9.17, 15) is 8.42 Å². The van der Waals surface area contributed by atoms with Gasteiger partial charge in [0.1, 0.15) is 9.96 Å². The summed E-state index contributed by atoms with van der Waals surface area (Å²) < 4.78 is 32.3. The maximum Gasteiger partial charge on any atom is 0.250 e. The van der Waals surface area contributed by atoms with Gasteiger partial charge in [-0.2, -0.15) is 0 Å². The van der Waals surface area contributed by atoms with E-state index in [0.29, 0.717) is 23.3 Å². The molecule has 0 bridgehead atoms. The highest BCUT2D eigenvalue weighted by molar-refractivity contribution is 7.91. The second kappa shape index (κ2) is 10.9. The van der Waals surface area contributed by atoms with Crippen molar-refractivity contribution in [1.29, 1.82) is 0 Å². The molecule has 0 unspecified atom stereocenters. The topological polar surface area (TPSA) is 91.8 Å². The molecule has 0 aliphatic carbocycles.